The molecule has 0 aliphatic rings. The molecular weight excluding hydrogens is 511 g/mol. The van der Waals surface area contributed by atoms with Gasteiger partial charge in [0.15, 0.2) is 5.82 Å². The van der Waals surface area contributed by atoms with Crippen LogP contribution in [0, 0.1) is 0 Å². The van der Waals surface area contributed by atoms with Gasteiger partial charge >= 0.3 is 11.9 Å². The summed E-state index contributed by atoms with van der Waals surface area (Å²) in [5.74, 6) is -0.852. The first-order valence-electron chi connectivity index (χ1n) is 10.8. The van der Waals surface area contributed by atoms with E-state index in [0.29, 0.717) is 11.1 Å². The average Bonchev–Trinajstić information content (AvgIpc) is 3.17. The predicted molar refractivity (Wildman–Crippen MR) is 131 cm³/mol. The maximum Gasteiger partial charge on any atom is 0.420 e. The summed E-state index contributed by atoms with van der Waals surface area (Å²) in [6.07, 6.45) is -2.28. The maximum absolute atomic E-state index is 13.8. The molecule has 0 amide bonds. The second-order valence-electron chi connectivity index (χ2n) is 8.19. The Morgan fingerprint density at radius 3 is 2.57 bits per heavy atom. The Morgan fingerprint density at radius 2 is 1.84 bits per heavy atom. The smallest absolute Gasteiger partial charge is 0.420 e. The number of benzene rings is 2. The van der Waals surface area contributed by atoms with Gasteiger partial charge in [-0.05, 0) is 42.0 Å². The molecule has 0 saturated heterocycles. The number of fused-ring (bicyclic) bond motifs is 1. The van der Waals surface area contributed by atoms with Crippen molar-refractivity contribution >= 4 is 22.5 Å². The Bertz CT molecular complexity index is 1760. The van der Waals surface area contributed by atoms with Crippen molar-refractivity contribution in [1.82, 2.24) is 24.3 Å². The Hall–Kier alpha value is -4.38. The van der Waals surface area contributed by atoms with Gasteiger partial charge in [-0.1, -0.05) is 29.8 Å². The van der Waals surface area contributed by atoms with Gasteiger partial charge in [0.1, 0.15) is 11.3 Å². The van der Waals surface area contributed by atoms with E-state index in [1.165, 1.54) is 19.2 Å². The van der Waals surface area contributed by atoms with E-state index in [9.17, 15) is 22.8 Å². The molecule has 37 heavy (non-hydrogen) atoms. The van der Waals surface area contributed by atoms with Crippen LogP contribution in [-0.4, -0.2) is 24.3 Å². The van der Waals surface area contributed by atoms with Gasteiger partial charge in [0.05, 0.1) is 12.1 Å². The van der Waals surface area contributed by atoms with E-state index < -0.39 is 28.7 Å². The van der Waals surface area contributed by atoms with Gasteiger partial charge in [-0.25, -0.2) is 9.89 Å². The van der Waals surface area contributed by atoms with E-state index >= 15 is 0 Å². The lowest BCUT2D eigenvalue weighted by atomic mass is 10.1. The standard InChI is InChI=1S/C25H17ClF3N5O3/c1-33-21(31-32-24(33)36)13-34-7-6-19(25(27,28)29)22(23(34)35)37-18-10-15(9-17(26)11-18)16-8-14-4-2-3-5-20(14)30-12-16/h2-12H,13H2,1H3,(H,32,36). The zero-order valence-electron chi connectivity index (χ0n) is 19.1. The Kier molecular flexibility index (Phi) is 6.08. The summed E-state index contributed by atoms with van der Waals surface area (Å²) in [7, 11) is 1.42. The van der Waals surface area contributed by atoms with Crippen molar-refractivity contribution in [3.8, 4) is 22.6 Å². The number of pyridine rings is 2. The van der Waals surface area contributed by atoms with Crippen LogP contribution in [0.3, 0.4) is 0 Å². The highest BCUT2D eigenvalue weighted by Gasteiger charge is 2.36. The lowest BCUT2D eigenvalue weighted by molar-refractivity contribution is -0.138. The SMILES string of the molecule is Cn1c(Cn2ccc(C(F)(F)F)c(Oc3cc(Cl)cc(-c4cnc5ccccc5c4)c3)c2=O)n[nH]c1=O. The molecule has 3 aromatic heterocycles. The average molecular weight is 528 g/mol. The molecule has 0 fully saturated rings. The quantitative estimate of drug-likeness (QED) is 0.347. The molecule has 0 atom stereocenters. The number of H-pyrrole nitrogens is 1. The van der Waals surface area contributed by atoms with Gasteiger partial charge in [-0.3, -0.25) is 14.3 Å². The normalized spacial score (nSPS) is 11.7. The van der Waals surface area contributed by atoms with Crippen molar-refractivity contribution < 1.29 is 17.9 Å². The minimum absolute atomic E-state index is 0.0665. The second-order valence-corrected chi connectivity index (χ2v) is 8.62. The number of aromatic amines is 1. The minimum atomic E-state index is -4.86. The van der Waals surface area contributed by atoms with Gasteiger partial charge in [0.2, 0.25) is 5.75 Å². The van der Waals surface area contributed by atoms with Gasteiger partial charge in [0.25, 0.3) is 5.56 Å². The highest BCUT2D eigenvalue weighted by atomic mass is 35.5. The van der Waals surface area contributed by atoms with Crippen molar-refractivity contribution in [3.05, 3.63) is 104 Å². The number of nitrogens with zero attached hydrogens (tertiary/aromatic N) is 4. The largest absolute Gasteiger partial charge is 0.451 e. The first-order chi connectivity index (χ1) is 17.6. The fraction of sp³-hybridized carbons (Fsp3) is 0.120. The molecule has 3 heterocycles. The van der Waals surface area contributed by atoms with Crippen molar-refractivity contribution in [2.45, 2.75) is 12.7 Å². The van der Waals surface area contributed by atoms with Crippen LogP contribution in [0.2, 0.25) is 5.02 Å². The molecular formula is C25H17ClF3N5O3. The number of halogens is 4. The summed E-state index contributed by atoms with van der Waals surface area (Å²) < 4.78 is 49.1. The Morgan fingerprint density at radius 1 is 1.05 bits per heavy atom. The molecule has 0 unspecified atom stereocenters. The third-order valence-corrected chi connectivity index (χ3v) is 5.94. The Labute approximate surface area is 211 Å². The minimum Gasteiger partial charge on any atom is -0.451 e. The first-order valence-corrected chi connectivity index (χ1v) is 11.2. The molecule has 0 saturated carbocycles. The second kappa shape index (κ2) is 9.25. The molecule has 0 aliphatic carbocycles. The van der Waals surface area contributed by atoms with Gasteiger partial charge in [0, 0.05) is 35.4 Å². The molecule has 2 aromatic carbocycles. The maximum atomic E-state index is 13.8. The number of ether oxygens (including phenoxy) is 1. The van der Waals surface area contributed by atoms with E-state index in [2.05, 4.69) is 15.2 Å². The summed E-state index contributed by atoms with van der Waals surface area (Å²) in [4.78, 5) is 29.2. The highest BCUT2D eigenvalue weighted by Crippen LogP contribution is 2.38. The number of hydrogen-bond acceptors (Lipinski definition) is 5. The van der Waals surface area contributed by atoms with Crippen molar-refractivity contribution in [1.29, 1.82) is 0 Å². The van der Waals surface area contributed by atoms with Crippen LogP contribution in [-0.2, 0) is 19.8 Å². The van der Waals surface area contributed by atoms with Crippen molar-refractivity contribution in [2.24, 2.45) is 7.05 Å². The molecule has 0 bridgehead atoms. The number of aromatic nitrogens is 5. The molecule has 5 aromatic rings. The third kappa shape index (κ3) is 4.85. The summed E-state index contributed by atoms with van der Waals surface area (Å²) >= 11 is 6.26. The molecule has 8 nitrogen and oxygen atoms in total. The molecule has 1 N–H and O–H groups in total. The molecule has 188 valence electrons. The number of rotatable bonds is 5. The van der Waals surface area contributed by atoms with Crippen molar-refractivity contribution in [3.63, 3.8) is 0 Å². The van der Waals surface area contributed by atoms with E-state index in [-0.39, 0.29) is 23.1 Å². The fourth-order valence-electron chi connectivity index (χ4n) is 3.81. The van der Waals surface area contributed by atoms with E-state index in [0.717, 1.165) is 32.3 Å². The fourth-order valence-corrected chi connectivity index (χ4v) is 4.03. The van der Waals surface area contributed by atoms with E-state index in [1.54, 1.807) is 12.3 Å². The number of para-hydroxylation sites is 1. The topological polar surface area (TPSA) is 94.8 Å². The number of hydrogen-bond donors (Lipinski definition) is 1. The Balaban J connectivity index is 1.57. The van der Waals surface area contributed by atoms with Crippen LogP contribution in [0.4, 0.5) is 13.2 Å². The summed E-state index contributed by atoms with van der Waals surface area (Å²) in [5, 5.41) is 7.06. The zero-order chi connectivity index (χ0) is 26.3. The highest BCUT2D eigenvalue weighted by molar-refractivity contribution is 6.31. The number of nitrogens with one attached hydrogen (secondary N) is 1. The predicted octanol–water partition coefficient (Wildman–Crippen LogP) is 5.00. The monoisotopic (exact) mass is 527 g/mol. The van der Waals surface area contributed by atoms with Gasteiger partial charge in [-0.2, -0.15) is 18.3 Å². The molecule has 0 radical (unpaired) electrons. The third-order valence-electron chi connectivity index (χ3n) is 5.73. The summed E-state index contributed by atoms with van der Waals surface area (Å²) in [5.41, 5.74) is -0.860. The first kappa shape index (κ1) is 24.3. The summed E-state index contributed by atoms with van der Waals surface area (Å²) in [6.45, 7) is -0.258. The van der Waals surface area contributed by atoms with E-state index in [1.807, 2.05) is 30.3 Å². The zero-order valence-corrected chi connectivity index (χ0v) is 19.8. The van der Waals surface area contributed by atoms with Crippen LogP contribution in [0.25, 0.3) is 22.0 Å². The van der Waals surface area contributed by atoms with E-state index in [4.69, 9.17) is 16.3 Å². The molecule has 0 aliphatic heterocycles. The summed E-state index contributed by atoms with van der Waals surface area (Å²) in [6, 6.07) is 14.5. The lowest BCUT2D eigenvalue weighted by Crippen LogP contribution is -2.26. The number of alkyl halides is 3. The van der Waals surface area contributed by atoms with Crippen LogP contribution >= 0.6 is 11.6 Å². The van der Waals surface area contributed by atoms with Crippen LogP contribution in [0.15, 0.2) is 76.6 Å². The molecule has 0 spiro atoms. The van der Waals surface area contributed by atoms with Gasteiger partial charge in [-0.15, -0.1) is 0 Å². The molecule has 5 rings (SSSR count). The van der Waals surface area contributed by atoms with Gasteiger partial charge < -0.3 is 9.30 Å². The van der Waals surface area contributed by atoms with Crippen LogP contribution < -0.4 is 16.0 Å². The van der Waals surface area contributed by atoms with Crippen molar-refractivity contribution in [2.75, 3.05) is 0 Å². The van der Waals surface area contributed by atoms with Crippen LogP contribution in [0.1, 0.15) is 11.4 Å². The lowest BCUT2D eigenvalue weighted by Gasteiger charge is -2.16. The molecule has 12 heteroatoms. The van der Waals surface area contributed by atoms with Crippen LogP contribution in [0.5, 0.6) is 11.5 Å².